The maximum absolute atomic E-state index is 5.76. The number of nitrogens with zero attached hydrogens (tertiary/aromatic N) is 1. The molecule has 0 spiro atoms. The number of hydrogen-bond donors (Lipinski definition) is 1. The van der Waals surface area contributed by atoms with Gasteiger partial charge in [-0.1, -0.05) is 46.8 Å². The van der Waals surface area contributed by atoms with Crippen LogP contribution in [0.4, 0.5) is 0 Å². The predicted octanol–water partition coefficient (Wildman–Crippen LogP) is 3.06. The molecule has 0 aromatic rings. The normalized spacial score (nSPS) is 23.0. The van der Waals surface area contributed by atoms with Gasteiger partial charge in [0.1, 0.15) is 0 Å². The van der Waals surface area contributed by atoms with Crippen LogP contribution in [0.25, 0.3) is 0 Å². The van der Waals surface area contributed by atoms with Crippen LogP contribution in [0, 0.1) is 16.7 Å². The van der Waals surface area contributed by atoms with Gasteiger partial charge in [0, 0.05) is 12.0 Å². The van der Waals surface area contributed by atoms with Gasteiger partial charge in [0.25, 0.3) is 0 Å². The molecule has 0 bridgehead atoms. The van der Waals surface area contributed by atoms with Gasteiger partial charge in [-0.05, 0) is 37.3 Å². The molecular formula is C14H28N2S. The quantitative estimate of drug-likeness (QED) is 0.784. The van der Waals surface area contributed by atoms with Crippen LogP contribution in [0.3, 0.4) is 0 Å². The summed E-state index contributed by atoms with van der Waals surface area (Å²) in [6.07, 6.45) is 2.40. The fourth-order valence-electron chi connectivity index (χ4n) is 2.30. The highest BCUT2D eigenvalue weighted by Gasteiger charge is 2.32. The smallest absolute Gasteiger partial charge is 0.0784 e. The monoisotopic (exact) mass is 256 g/mol. The summed E-state index contributed by atoms with van der Waals surface area (Å²) >= 11 is 5.11. The molecule has 1 heterocycles. The number of rotatable bonds is 4. The molecule has 1 unspecified atom stereocenters. The first-order chi connectivity index (χ1) is 7.63. The van der Waals surface area contributed by atoms with Crippen LogP contribution in [-0.4, -0.2) is 29.5 Å². The Kier molecular flexibility index (Phi) is 4.59. The Bertz CT molecular complexity index is 278. The van der Waals surface area contributed by atoms with Crippen LogP contribution >= 0.6 is 12.2 Å². The van der Waals surface area contributed by atoms with Gasteiger partial charge < -0.3 is 10.6 Å². The highest BCUT2D eigenvalue weighted by molar-refractivity contribution is 7.80. The van der Waals surface area contributed by atoms with Crippen molar-refractivity contribution < 1.29 is 0 Å². The van der Waals surface area contributed by atoms with Crippen molar-refractivity contribution >= 4 is 17.2 Å². The second-order valence-corrected chi connectivity index (χ2v) is 7.59. The van der Waals surface area contributed by atoms with E-state index in [0.717, 1.165) is 18.9 Å². The number of thiocarbonyl (C=S) groups is 1. The molecular weight excluding hydrogens is 228 g/mol. The van der Waals surface area contributed by atoms with E-state index in [9.17, 15) is 0 Å². The minimum absolute atomic E-state index is 0.00481. The molecule has 1 rings (SSSR count). The molecule has 0 radical (unpaired) electrons. The topological polar surface area (TPSA) is 29.3 Å². The van der Waals surface area contributed by atoms with Crippen LogP contribution in [0.5, 0.6) is 0 Å². The molecule has 0 aromatic carbocycles. The van der Waals surface area contributed by atoms with Crippen molar-refractivity contribution in [2.45, 2.75) is 47.5 Å². The highest BCUT2D eigenvalue weighted by atomic mass is 32.1. The Balaban J connectivity index is 2.39. The van der Waals surface area contributed by atoms with Crippen LogP contribution in [0.2, 0.25) is 0 Å². The predicted molar refractivity (Wildman–Crippen MR) is 79.2 cm³/mol. The lowest BCUT2D eigenvalue weighted by molar-refractivity contribution is 0.221. The zero-order valence-corrected chi connectivity index (χ0v) is 12.9. The van der Waals surface area contributed by atoms with E-state index in [1.165, 1.54) is 19.5 Å². The average molecular weight is 256 g/mol. The minimum Gasteiger partial charge on any atom is -0.393 e. The third-order valence-corrected chi connectivity index (χ3v) is 4.77. The Morgan fingerprint density at radius 2 is 1.88 bits per heavy atom. The standard InChI is InChI=1S/C14H28N2S/c1-13(2,3)11-6-8-16(10-11)9-7-14(4,5)12(15)17/h11H,6-10H2,1-5H3,(H2,15,17). The van der Waals surface area contributed by atoms with Gasteiger partial charge >= 0.3 is 0 Å². The van der Waals surface area contributed by atoms with E-state index in [1.807, 2.05) is 0 Å². The third-order valence-electron chi connectivity index (χ3n) is 4.22. The summed E-state index contributed by atoms with van der Waals surface area (Å²) in [5, 5.41) is 0. The van der Waals surface area contributed by atoms with Crippen molar-refractivity contribution in [3.8, 4) is 0 Å². The van der Waals surface area contributed by atoms with Gasteiger partial charge in [-0.2, -0.15) is 0 Å². The largest absolute Gasteiger partial charge is 0.393 e. The summed E-state index contributed by atoms with van der Waals surface area (Å²) < 4.78 is 0. The molecule has 0 amide bonds. The molecule has 17 heavy (non-hydrogen) atoms. The molecule has 1 aliphatic rings. The lowest BCUT2D eigenvalue weighted by Crippen LogP contribution is -2.34. The zero-order chi connectivity index (χ0) is 13.3. The molecule has 2 nitrogen and oxygen atoms in total. The average Bonchev–Trinajstić information content (AvgIpc) is 2.62. The summed E-state index contributed by atoms with van der Waals surface area (Å²) in [7, 11) is 0. The first-order valence-corrected chi connectivity index (χ1v) is 7.06. The first kappa shape index (κ1) is 14.9. The highest BCUT2D eigenvalue weighted by Crippen LogP contribution is 2.34. The van der Waals surface area contributed by atoms with Gasteiger partial charge in [-0.15, -0.1) is 0 Å². The van der Waals surface area contributed by atoms with Gasteiger partial charge in [0.15, 0.2) is 0 Å². The van der Waals surface area contributed by atoms with Crippen LogP contribution in [0.15, 0.2) is 0 Å². The Morgan fingerprint density at radius 1 is 1.29 bits per heavy atom. The van der Waals surface area contributed by atoms with E-state index < -0.39 is 0 Å². The molecule has 0 saturated carbocycles. The SMILES string of the molecule is CC(C)(CCN1CCC(C(C)(C)C)C1)C(N)=S. The van der Waals surface area contributed by atoms with Crippen molar-refractivity contribution in [3.63, 3.8) is 0 Å². The summed E-state index contributed by atoms with van der Waals surface area (Å²) in [6, 6.07) is 0. The number of hydrogen-bond acceptors (Lipinski definition) is 2. The maximum atomic E-state index is 5.76. The summed E-state index contributed by atoms with van der Waals surface area (Å²) in [5.41, 5.74) is 6.20. The van der Waals surface area contributed by atoms with Crippen molar-refractivity contribution in [2.75, 3.05) is 19.6 Å². The van der Waals surface area contributed by atoms with Gasteiger partial charge in [-0.3, -0.25) is 0 Å². The van der Waals surface area contributed by atoms with Crippen molar-refractivity contribution in [2.24, 2.45) is 22.5 Å². The Morgan fingerprint density at radius 3 is 2.29 bits per heavy atom. The molecule has 2 N–H and O–H groups in total. The number of nitrogens with two attached hydrogens (primary N) is 1. The molecule has 1 aliphatic heterocycles. The number of likely N-dealkylation sites (tertiary alicyclic amines) is 1. The lowest BCUT2D eigenvalue weighted by Gasteiger charge is -2.29. The van der Waals surface area contributed by atoms with Gasteiger partial charge in [-0.25, -0.2) is 0 Å². The fourth-order valence-corrected chi connectivity index (χ4v) is 2.41. The van der Waals surface area contributed by atoms with E-state index in [1.54, 1.807) is 0 Å². The van der Waals surface area contributed by atoms with Crippen LogP contribution < -0.4 is 5.73 Å². The Labute approximate surface area is 112 Å². The van der Waals surface area contributed by atoms with E-state index in [4.69, 9.17) is 18.0 Å². The van der Waals surface area contributed by atoms with E-state index in [-0.39, 0.29) is 5.41 Å². The van der Waals surface area contributed by atoms with Crippen LogP contribution in [0.1, 0.15) is 47.5 Å². The molecule has 1 atom stereocenters. The molecule has 100 valence electrons. The first-order valence-electron chi connectivity index (χ1n) is 6.65. The maximum Gasteiger partial charge on any atom is 0.0784 e. The van der Waals surface area contributed by atoms with Gasteiger partial charge in [0.05, 0.1) is 4.99 Å². The lowest BCUT2D eigenvalue weighted by atomic mass is 9.80. The zero-order valence-electron chi connectivity index (χ0n) is 12.0. The Hall–Kier alpha value is -0.150. The minimum atomic E-state index is -0.00481. The van der Waals surface area contributed by atoms with Crippen molar-refractivity contribution in [1.82, 2.24) is 4.90 Å². The van der Waals surface area contributed by atoms with Crippen LogP contribution in [-0.2, 0) is 0 Å². The third kappa shape index (κ3) is 4.22. The molecule has 0 aliphatic carbocycles. The van der Waals surface area contributed by atoms with Gasteiger partial charge in [0.2, 0.25) is 0 Å². The molecule has 1 saturated heterocycles. The second-order valence-electron chi connectivity index (χ2n) is 7.15. The fraction of sp³-hybridized carbons (Fsp3) is 0.929. The van der Waals surface area contributed by atoms with E-state index in [0.29, 0.717) is 10.4 Å². The summed E-state index contributed by atoms with van der Waals surface area (Å²) in [5.74, 6) is 0.829. The molecule has 0 aromatic heterocycles. The molecule has 3 heteroatoms. The van der Waals surface area contributed by atoms with Crippen molar-refractivity contribution in [1.29, 1.82) is 0 Å². The van der Waals surface area contributed by atoms with E-state index in [2.05, 4.69) is 39.5 Å². The molecule has 1 fully saturated rings. The van der Waals surface area contributed by atoms with Crippen molar-refractivity contribution in [3.05, 3.63) is 0 Å². The summed E-state index contributed by atoms with van der Waals surface area (Å²) in [4.78, 5) is 3.21. The van der Waals surface area contributed by atoms with E-state index >= 15 is 0 Å². The second kappa shape index (κ2) is 5.23. The summed E-state index contributed by atoms with van der Waals surface area (Å²) in [6.45, 7) is 14.9.